The molecule has 8 nitrogen and oxygen atoms in total. The number of carboxylic acid groups (broad SMARTS) is 1. The number of thiazole rings is 1. The summed E-state index contributed by atoms with van der Waals surface area (Å²) in [5.74, 6) is -1.65. The molecule has 0 bridgehead atoms. The molecule has 1 aliphatic heterocycles. The smallest absolute Gasteiger partial charge is 0.323 e. The zero-order valence-electron chi connectivity index (χ0n) is 27.6. The van der Waals surface area contributed by atoms with Gasteiger partial charge < -0.3 is 14.2 Å². The third-order valence-corrected chi connectivity index (χ3v) is 12.2. The number of fused-ring (bicyclic) bond motifs is 6. The number of amides is 1. The van der Waals surface area contributed by atoms with Gasteiger partial charge in [-0.3, -0.25) is 23.9 Å². The number of thiocarbonyl (C=S) groups is 1. The second kappa shape index (κ2) is 12.5. The van der Waals surface area contributed by atoms with Gasteiger partial charge in [-0.25, -0.2) is 0 Å². The monoisotopic (exact) mass is 736 g/mol. The Hall–Kier alpha value is -5.75. The Balaban J connectivity index is 1.15. The number of hydrogen-bond acceptors (Lipinski definition) is 6. The molecule has 0 atom stereocenters. The first-order valence-corrected chi connectivity index (χ1v) is 18.7. The zero-order chi connectivity index (χ0) is 35.7. The molecule has 11 heteroatoms. The van der Waals surface area contributed by atoms with Crippen molar-refractivity contribution in [2.75, 3.05) is 6.54 Å². The summed E-state index contributed by atoms with van der Waals surface area (Å²) >= 11 is 7.56. The summed E-state index contributed by atoms with van der Waals surface area (Å²) in [6.45, 7) is 1.67. The number of nitrogens with zero attached hydrogens (tertiary/aromatic N) is 4. The van der Waals surface area contributed by atoms with Gasteiger partial charge in [-0.15, -0.1) is 11.3 Å². The molecule has 1 amide bonds. The van der Waals surface area contributed by atoms with Crippen LogP contribution in [-0.2, 0) is 16.1 Å². The lowest BCUT2D eigenvalue weighted by atomic mass is 10.1. The quantitative estimate of drug-likeness (QED) is 0.185. The van der Waals surface area contributed by atoms with E-state index in [0.29, 0.717) is 15.7 Å². The SMILES string of the molecule is CCn1c(=O)/c(=C/c2ccc3c(c2)c2ccccc2n3-c2ccc(-n3c4ccccc4c4ccccc43)cc2)s/c1=C1\SC(=S)N(CC(=O)O)C1=O. The largest absolute Gasteiger partial charge is 0.480 e. The fraction of sp³-hybridized carbons (Fsp3) is 0.0732. The summed E-state index contributed by atoms with van der Waals surface area (Å²) in [5, 5.41) is 13.9. The lowest BCUT2D eigenvalue weighted by Crippen LogP contribution is -2.35. The molecule has 9 rings (SSSR count). The van der Waals surface area contributed by atoms with Crippen molar-refractivity contribution in [1.29, 1.82) is 0 Å². The van der Waals surface area contributed by atoms with Crippen LogP contribution in [-0.4, -0.2) is 46.4 Å². The third kappa shape index (κ3) is 5.03. The molecule has 8 aromatic rings. The maximum atomic E-state index is 13.6. The molecule has 1 aliphatic rings. The average Bonchev–Trinajstić information content (AvgIpc) is 3.86. The van der Waals surface area contributed by atoms with Crippen molar-refractivity contribution in [3.63, 3.8) is 0 Å². The van der Waals surface area contributed by atoms with E-state index in [2.05, 4.69) is 106 Å². The molecule has 0 aliphatic carbocycles. The molecule has 0 spiro atoms. The summed E-state index contributed by atoms with van der Waals surface area (Å²) in [6.07, 6.45) is 1.85. The topological polar surface area (TPSA) is 89.5 Å². The van der Waals surface area contributed by atoms with E-state index in [1.54, 1.807) is 4.57 Å². The van der Waals surface area contributed by atoms with Gasteiger partial charge in [0.25, 0.3) is 11.5 Å². The van der Waals surface area contributed by atoms with Crippen molar-refractivity contribution >= 4 is 106 Å². The normalized spacial score (nSPS) is 14.9. The molecule has 0 radical (unpaired) electrons. The van der Waals surface area contributed by atoms with Gasteiger partial charge in [0.1, 0.15) is 20.4 Å². The van der Waals surface area contributed by atoms with E-state index in [-0.39, 0.29) is 14.8 Å². The van der Waals surface area contributed by atoms with Crippen molar-refractivity contribution < 1.29 is 14.7 Å². The van der Waals surface area contributed by atoms with Crippen LogP contribution in [0.25, 0.3) is 66.0 Å². The van der Waals surface area contributed by atoms with Crippen LogP contribution in [0.15, 0.2) is 120 Å². The number of carboxylic acids is 1. The number of aromatic nitrogens is 3. The molecule has 52 heavy (non-hydrogen) atoms. The third-order valence-electron chi connectivity index (χ3n) is 9.50. The minimum atomic E-state index is -1.15. The van der Waals surface area contributed by atoms with Gasteiger partial charge in [0.2, 0.25) is 0 Å². The van der Waals surface area contributed by atoms with Crippen LogP contribution in [0, 0.1) is 0 Å². The van der Waals surface area contributed by atoms with E-state index >= 15 is 0 Å². The second-order valence-corrected chi connectivity index (χ2v) is 15.1. The zero-order valence-corrected chi connectivity index (χ0v) is 30.1. The van der Waals surface area contributed by atoms with E-state index in [0.717, 1.165) is 66.4 Å². The Bertz CT molecular complexity index is 2950. The number of thioether (sulfide) groups is 1. The second-order valence-electron chi connectivity index (χ2n) is 12.5. The van der Waals surface area contributed by atoms with Gasteiger partial charge in [0.15, 0.2) is 0 Å². The number of aliphatic carboxylic acids is 1. The number of hydrogen-bond donors (Lipinski definition) is 1. The Labute approximate surface area is 309 Å². The number of rotatable bonds is 6. The van der Waals surface area contributed by atoms with Crippen LogP contribution in [0.3, 0.4) is 0 Å². The number of para-hydroxylation sites is 3. The fourth-order valence-electron chi connectivity index (χ4n) is 7.24. The van der Waals surface area contributed by atoms with Crippen LogP contribution < -0.4 is 14.8 Å². The van der Waals surface area contributed by atoms with Crippen LogP contribution in [0.4, 0.5) is 0 Å². The first-order valence-electron chi connectivity index (χ1n) is 16.7. The lowest BCUT2D eigenvalue weighted by molar-refractivity contribution is -0.140. The molecular formula is C41H28N4O4S3. The molecular weight excluding hydrogens is 709 g/mol. The van der Waals surface area contributed by atoms with Gasteiger partial charge in [0, 0.05) is 39.5 Å². The summed E-state index contributed by atoms with van der Waals surface area (Å²) in [4.78, 5) is 39.5. The Kier molecular flexibility index (Phi) is 7.72. The maximum absolute atomic E-state index is 13.6. The maximum Gasteiger partial charge on any atom is 0.323 e. The predicted octanol–water partition coefficient (Wildman–Crippen LogP) is 7.01. The van der Waals surface area contributed by atoms with Gasteiger partial charge in [0.05, 0.1) is 26.6 Å². The van der Waals surface area contributed by atoms with Gasteiger partial charge >= 0.3 is 5.97 Å². The van der Waals surface area contributed by atoms with Gasteiger partial charge in [-0.05, 0) is 73.2 Å². The number of carbonyl (C=O) groups excluding carboxylic acids is 1. The Morgan fingerprint density at radius 2 is 1.25 bits per heavy atom. The molecule has 1 saturated heterocycles. The van der Waals surface area contributed by atoms with E-state index < -0.39 is 18.4 Å². The van der Waals surface area contributed by atoms with Gasteiger partial charge in [-0.1, -0.05) is 84.6 Å². The summed E-state index contributed by atoms with van der Waals surface area (Å²) in [7, 11) is 0. The van der Waals surface area contributed by atoms with Crippen LogP contribution >= 0.6 is 35.3 Å². The molecule has 254 valence electrons. The molecule has 3 aromatic heterocycles. The minimum Gasteiger partial charge on any atom is -0.480 e. The van der Waals surface area contributed by atoms with Crippen molar-refractivity contribution in [3.8, 4) is 11.4 Å². The van der Waals surface area contributed by atoms with E-state index in [9.17, 15) is 19.5 Å². The molecule has 4 heterocycles. The van der Waals surface area contributed by atoms with Crippen molar-refractivity contribution in [2.45, 2.75) is 13.5 Å². The van der Waals surface area contributed by atoms with Crippen LogP contribution in [0.5, 0.6) is 0 Å². The predicted molar refractivity (Wildman–Crippen MR) is 215 cm³/mol. The summed E-state index contributed by atoms with van der Waals surface area (Å²) in [6, 6.07) is 40.2. The first-order chi connectivity index (χ1) is 25.3. The first kappa shape index (κ1) is 32.2. The summed E-state index contributed by atoms with van der Waals surface area (Å²) in [5.41, 5.74) is 7.19. The standard InChI is InChI=1S/C41H28N4O4S3/c1-2-42-38(48)35(51-40(42)37-39(49)43(23-36(46)47)41(50)52-37)22-24-15-20-34-30(21-24)29-11-5-8-14-33(29)45(34)26-18-16-25(17-19-26)44-31-12-6-3-9-27(31)28-10-4-7-13-32(28)44/h3-22H,2,23H2,1H3,(H,46,47)/b35-22-,40-37-. The number of benzene rings is 5. The van der Waals surface area contributed by atoms with Crippen LogP contribution in [0.1, 0.15) is 12.5 Å². The highest BCUT2D eigenvalue weighted by molar-refractivity contribution is 8.30. The van der Waals surface area contributed by atoms with Crippen LogP contribution in [0.2, 0.25) is 0 Å². The average molecular weight is 737 g/mol. The van der Waals surface area contributed by atoms with Crippen molar-refractivity contribution in [2.24, 2.45) is 0 Å². The van der Waals surface area contributed by atoms with E-state index in [1.807, 2.05) is 31.2 Å². The number of carbonyl (C=O) groups is 2. The van der Waals surface area contributed by atoms with Gasteiger partial charge in [-0.2, -0.15) is 0 Å². The molecule has 5 aromatic carbocycles. The van der Waals surface area contributed by atoms with Crippen molar-refractivity contribution in [3.05, 3.63) is 140 Å². The molecule has 0 saturated carbocycles. The highest BCUT2D eigenvalue weighted by atomic mass is 32.2. The minimum absolute atomic E-state index is 0.166. The molecule has 0 unspecified atom stereocenters. The fourth-order valence-corrected chi connectivity index (χ4v) is 9.81. The van der Waals surface area contributed by atoms with E-state index in [4.69, 9.17) is 12.2 Å². The molecule has 1 fully saturated rings. The highest BCUT2D eigenvalue weighted by Crippen LogP contribution is 2.35. The van der Waals surface area contributed by atoms with E-state index in [1.165, 1.54) is 22.1 Å². The molecule has 1 N–H and O–H groups in total. The van der Waals surface area contributed by atoms with Crippen molar-refractivity contribution in [1.82, 2.24) is 18.6 Å². The summed E-state index contributed by atoms with van der Waals surface area (Å²) < 4.78 is 7.25. The lowest BCUT2D eigenvalue weighted by Gasteiger charge is -2.11. The highest BCUT2D eigenvalue weighted by Gasteiger charge is 2.35. The Morgan fingerprint density at radius 1 is 0.731 bits per heavy atom. The Morgan fingerprint density at radius 3 is 1.79 bits per heavy atom.